The van der Waals surface area contributed by atoms with Gasteiger partial charge in [0, 0.05) is 6.61 Å². The Bertz CT molecular complexity index is 285. The van der Waals surface area contributed by atoms with Gasteiger partial charge in [0.2, 0.25) is 0 Å². The van der Waals surface area contributed by atoms with Crippen molar-refractivity contribution >= 4 is 0 Å². The van der Waals surface area contributed by atoms with E-state index >= 15 is 0 Å². The van der Waals surface area contributed by atoms with Crippen LogP contribution in [0.4, 0.5) is 0 Å². The maximum Gasteiger partial charge on any atom is 0.115 e. The first kappa shape index (κ1) is 17.6. The molecule has 6 heteroatoms. The van der Waals surface area contributed by atoms with Gasteiger partial charge in [-0.25, -0.2) is 0 Å². The third-order valence-electron chi connectivity index (χ3n) is 3.51. The van der Waals surface area contributed by atoms with Crippen LogP contribution in [-0.2, 0) is 9.47 Å². The molecule has 1 fully saturated rings. The van der Waals surface area contributed by atoms with Crippen LogP contribution in [0.15, 0.2) is 12.7 Å². The summed E-state index contributed by atoms with van der Waals surface area (Å²) in [5.74, 6) is 0. The molecule has 0 amide bonds. The van der Waals surface area contributed by atoms with Gasteiger partial charge >= 0.3 is 0 Å². The maximum atomic E-state index is 10.00. The van der Waals surface area contributed by atoms with Gasteiger partial charge in [0.25, 0.3) is 0 Å². The minimum atomic E-state index is -1.46. The van der Waals surface area contributed by atoms with Crippen molar-refractivity contribution in [1.82, 2.24) is 0 Å². The summed E-state index contributed by atoms with van der Waals surface area (Å²) in [5.41, 5.74) is 0. The quantitative estimate of drug-likeness (QED) is 0.358. The van der Waals surface area contributed by atoms with E-state index < -0.39 is 36.6 Å². The number of hydrogen-bond donors (Lipinski definition) is 4. The van der Waals surface area contributed by atoms with Crippen LogP contribution in [0.2, 0.25) is 0 Å². The molecule has 4 N–H and O–H groups in total. The molecule has 0 aromatic heterocycles. The maximum absolute atomic E-state index is 10.00. The van der Waals surface area contributed by atoms with Crippen molar-refractivity contribution in [2.45, 2.75) is 62.8 Å². The molecule has 0 bridgehead atoms. The van der Waals surface area contributed by atoms with Crippen LogP contribution in [0.1, 0.15) is 26.2 Å². The van der Waals surface area contributed by atoms with E-state index in [0.717, 1.165) is 19.3 Å². The van der Waals surface area contributed by atoms with Crippen molar-refractivity contribution < 1.29 is 29.9 Å². The summed E-state index contributed by atoms with van der Waals surface area (Å²) in [4.78, 5) is 0. The Kier molecular flexibility index (Phi) is 7.65. The molecular weight excluding hydrogens is 264 g/mol. The molecule has 20 heavy (non-hydrogen) atoms. The fourth-order valence-electron chi connectivity index (χ4n) is 2.32. The van der Waals surface area contributed by atoms with Crippen LogP contribution in [0, 0.1) is 0 Å². The van der Waals surface area contributed by atoms with E-state index in [1.165, 1.54) is 6.08 Å². The van der Waals surface area contributed by atoms with Gasteiger partial charge in [0.1, 0.15) is 36.6 Å². The largest absolute Gasteiger partial charge is 0.387 e. The lowest BCUT2D eigenvalue weighted by Crippen LogP contribution is -2.65. The van der Waals surface area contributed by atoms with Gasteiger partial charge in [0.15, 0.2) is 0 Å². The monoisotopic (exact) mass is 290 g/mol. The van der Waals surface area contributed by atoms with Gasteiger partial charge in [0.05, 0.1) is 6.61 Å². The van der Waals surface area contributed by atoms with Crippen LogP contribution in [0.3, 0.4) is 0 Å². The first-order valence-electron chi connectivity index (χ1n) is 7.11. The van der Waals surface area contributed by atoms with Gasteiger partial charge < -0.3 is 29.9 Å². The van der Waals surface area contributed by atoms with Gasteiger partial charge in [-0.05, 0) is 6.42 Å². The van der Waals surface area contributed by atoms with Gasteiger partial charge in [-0.3, -0.25) is 0 Å². The van der Waals surface area contributed by atoms with Crippen molar-refractivity contribution in [3.05, 3.63) is 12.7 Å². The predicted octanol–water partition coefficient (Wildman–Crippen LogP) is -0.410. The summed E-state index contributed by atoms with van der Waals surface area (Å²) in [5, 5.41) is 39.4. The number of aliphatic hydroxyl groups is 4. The third kappa shape index (κ3) is 4.25. The molecule has 0 aromatic carbocycles. The molecule has 0 saturated heterocycles. The zero-order valence-electron chi connectivity index (χ0n) is 11.9. The Hall–Kier alpha value is -0.500. The van der Waals surface area contributed by atoms with Crippen LogP contribution in [0.5, 0.6) is 0 Å². The highest BCUT2D eigenvalue weighted by molar-refractivity contribution is 5.00. The highest BCUT2D eigenvalue weighted by Crippen LogP contribution is 2.26. The second-order valence-electron chi connectivity index (χ2n) is 5.09. The Morgan fingerprint density at radius 3 is 1.95 bits per heavy atom. The molecule has 0 aromatic rings. The molecule has 0 spiro atoms. The van der Waals surface area contributed by atoms with E-state index in [2.05, 4.69) is 13.5 Å². The molecule has 0 aliphatic heterocycles. The van der Waals surface area contributed by atoms with Gasteiger partial charge in [-0.2, -0.15) is 0 Å². The van der Waals surface area contributed by atoms with Crippen LogP contribution in [-0.4, -0.2) is 70.3 Å². The highest BCUT2D eigenvalue weighted by Gasteiger charge is 2.50. The van der Waals surface area contributed by atoms with E-state index in [1.807, 2.05) is 0 Å². The number of hydrogen-bond acceptors (Lipinski definition) is 6. The molecule has 1 aliphatic rings. The molecule has 0 heterocycles. The number of ether oxygens (including phenoxy) is 2. The Balaban J connectivity index is 2.68. The standard InChI is InChI=1S/C14H26O6/c1-3-5-6-8-20-14-12(18)10(16)9(15)11(17)13(14)19-7-4-2/h4,9-18H,2-3,5-8H2,1H3/t9-,10-,11+,12+,13-,14+/m1/s1. The predicted molar refractivity (Wildman–Crippen MR) is 73.2 cm³/mol. The number of rotatable bonds is 8. The van der Waals surface area contributed by atoms with E-state index in [4.69, 9.17) is 9.47 Å². The average Bonchev–Trinajstić information content (AvgIpc) is 2.45. The first-order valence-corrected chi connectivity index (χ1v) is 7.11. The zero-order valence-corrected chi connectivity index (χ0v) is 11.9. The summed E-state index contributed by atoms with van der Waals surface area (Å²) < 4.78 is 10.9. The van der Waals surface area contributed by atoms with E-state index in [-0.39, 0.29) is 6.61 Å². The lowest BCUT2D eigenvalue weighted by molar-refractivity contribution is -0.244. The summed E-state index contributed by atoms with van der Waals surface area (Å²) in [6.07, 6.45) is -2.95. The fourth-order valence-corrected chi connectivity index (χ4v) is 2.32. The smallest absolute Gasteiger partial charge is 0.115 e. The summed E-state index contributed by atoms with van der Waals surface area (Å²) in [7, 11) is 0. The Morgan fingerprint density at radius 2 is 1.45 bits per heavy atom. The van der Waals surface area contributed by atoms with Gasteiger partial charge in [-0.1, -0.05) is 25.8 Å². The van der Waals surface area contributed by atoms with E-state index in [9.17, 15) is 20.4 Å². The third-order valence-corrected chi connectivity index (χ3v) is 3.51. The molecule has 0 unspecified atom stereocenters. The van der Waals surface area contributed by atoms with Crippen LogP contribution in [0.25, 0.3) is 0 Å². The van der Waals surface area contributed by atoms with Crippen molar-refractivity contribution in [3.63, 3.8) is 0 Å². The van der Waals surface area contributed by atoms with Crippen molar-refractivity contribution in [1.29, 1.82) is 0 Å². The second kappa shape index (κ2) is 8.71. The molecule has 6 nitrogen and oxygen atoms in total. The van der Waals surface area contributed by atoms with Crippen molar-refractivity contribution in [2.75, 3.05) is 13.2 Å². The normalized spacial score (nSPS) is 37.9. The number of unbranched alkanes of at least 4 members (excludes halogenated alkanes) is 2. The molecule has 6 atom stereocenters. The fraction of sp³-hybridized carbons (Fsp3) is 0.857. The number of aliphatic hydroxyl groups excluding tert-OH is 4. The molecule has 1 aliphatic carbocycles. The van der Waals surface area contributed by atoms with Gasteiger partial charge in [-0.15, -0.1) is 6.58 Å². The summed E-state index contributed by atoms with van der Waals surface area (Å²) in [6.45, 7) is 6.14. The van der Waals surface area contributed by atoms with Crippen molar-refractivity contribution in [2.24, 2.45) is 0 Å². The van der Waals surface area contributed by atoms with E-state index in [0.29, 0.717) is 6.61 Å². The van der Waals surface area contributed by atoms with Crippen LogP contribution >= 0.6 is 0 Å². The van der Waals surface area contributed by atoms with Crippen molar-refractivity contribution in [3.8, 4) is 0 Å². The molecule has 0 radical (unpaired) electrons. The lowest BCUT2D eigenvalue weighted by Gasteiger charge is -2.43. The molecule has 1 rings (SSSR count). The molecule has 118 valence electrons. The SMILES string of the molecule is C=CCO[C@@H]1[C@@H](O)[C@H](O)[C@@H](O)[C@H](O)[C@@H]1OCCCCC. The minimum absolute atomic E-state index is 0.159. The highest BCUT2D eigenvalue weighted by atomic mass is 16.6. The Labute approximate surface area is 119 Å². The Morgan fingerprint density at radius 1 is 0.900 bits per heavy atom. The summed E-state index contributed by atoms with van der Waals surface area (Å²) >= 11 is 0. The molecule has 1 saturated carbocycles. The summed E-state index contributed by atoms with van der Waals surface area (Å²) in [6, 6.07) is 0. The minimum Gasteiger partial charge on any atom is -0.387 e. The lowest BCUT2D eigenvalue weighted by atomic mass is 9.84. The van der Waals surface area contributed by atoms with E-state index in [1.54, 1.807) is 0 Å². The first-order chi connectivity index (χ1) is 9.54. The second-order valence-corrected chi connectivity index (χ2v) is 5.09. The average molecular weight is 290 g/mol. The topological polar surface area (TPSA) is 99.4 Å². The molecular formula is C14H26O6. The van der Waals surface area contributed by atoms with Crippen LogP contribution < -0.4 is 0 Å². The zero-order chi connectivity index (χ0) is 15.1.